The lowest BCUT2D eigenvalue weighted by atomic mass is 9.99. The standard InChI is InChI=1S/C37H37N5O5S/c1-23-20-42(24(2)22-43)36(45)29-11-7-13-31(39-34(44)26-14-16-27(17-15-26)35-38-18-19-48-35)33(29)47-32(23)21-41(3)37(46)40-30-12-6-9-25-8-4-5-10-28(25)30/h4-19,23-24,32,43H,20-22H2,1-3H3,(H,39,44)(H,40,46)/t23-,24-,32-/m1/s1. The van der Waals surface area contributed by atoms with Crippen LogP contribution in [0.15, 0.2) is 96.5 Å². The fourth-order valence-corrected chi connectivity index (χ4v) is 6.43. The second-order valence-electron chi connectivity index (χ2n) is 12.0. The number of benzene rings is 4. The van der Waals surface area contributed by atoms with Crippen molar-refractivity contribution >= 4 is 51.3 Å². The second-order valence-corrected chi connectivity index (χ2v) is 12.9. The molecule has 4 aromatic carbocycles. The highest BCUT2D eigenvalue weighted by Gasteiger charge is 2.35. The first kappa shape index (κ1) is 32.7. The van der Waals surface area contributed by atoms with Crippen LogP contribution in [0, 0.1) is 5.92 Å². The Hall–Kier alpha value is -5.26. The van der Waals surface area contributed by atoms with Crippen molar-refractivity contribution in [2.45, 2.75) is 26.0 Å². The van der Waals surface area contributed by atoms with Gasteiger partial charge in [-0.05, 0) is 42.6 Å². The molecule has 1 aliphatic rings. The van der Waals surface area contributed by atoms with Crippen LogP contribution >= 0.6 is 11.3 Å². The number of hydrogen-bond acceptors (Lipinski definition) is 7. The van der Waals surface area contributed by atoms with Gasteiger partial charge in [0.25, 0.3) is 11.8 Å². The molecule has 0 unspecified atom stereocenters. The van der Waals surface area contributed by atoms with Crippen molar-refractivity contribution < 1.29 is 24.2 Å². The summed E-state index contributed by atoms with van der Waals surface area (Å²) in [5.41, 5.74) is 2.61. The van der Waals surface area contributed by atoms with Crippen LogP contribution in [0.5, 0.6) is 5.75 Å². The first-order chi connectivity index (χ1) is 23.2. The maximum atomic E-state index is 13.9. The average molecular weight is 664 g/mol. The third kappa shape index (κ3) is 6.87. The minimum atomic E-state index is -0.566. The van der Waals surface area contributed by atoms with Gasteiger partial charge in [0.2, 0.25) is 0 Å². The zero-order valence-electron chi connectivity index (χ0n) is 26.9. The van der Waals surface area contributed by atoms with E-state index in [2.05, 4.69) is 15.6 Å². The van der Waals surface area contributed by atoms with Crippen LogP contribution in [0.25, 0.3) is 21.3 Å². The number of para-hydroxylation sites is 1. The normalized spacial score (nSPS) is 16.7. The van der Waals surface area contributed by atoms with E-state index in [0.29, 0.717) is 23.5 Å². The quantitative estimate of drug-likeness (QED) is 0.172. The van der Waals surface area contributed by atoms with E-state index in [0.717, 1.165) is 21.3 Å². The molecule has 0 bridgehead atoms. The van der Waals surface area contributed by atoms with Gasteiger partial charge >= 0.3 is 6.03 Å². The van der Waals surface area contributed by atoms with Crippen LogP contribution in [0.1, 0.15) is 34.6 Å². The molecular weight excluding hydrogens is 627 g/mol. The molecule has 4 amide bonds. The molecule has 11 heteroatoms. The van der Waals surface area contributed by atoms with Crippen molar-refractivity contribution in [3.63, 3.8) is 0 Å². The highest BCUT2D eigenvalue weighted by atomic mass is 32.1. The molecule has 2 heterocycles. The summed E-state index contributed by atoms with van der Waals surface area (Å²) in [4.78, 5) is 48.3. The first-order valence-electron chi connectivity index (χ1n) is 15.8. The number of carbonyl (C=O) groups is 3. The van der Waals surface area contributed by atoms with E-state index >= 15 is 0 Å². The third-order valence-corrected chi connectivity index (χ3v) is 9.42. The van der Waals surface area contributed by atoms with Gasteiger partial charge in [-0.25, -0.2) is 9.78 Å². The van der Waals surface area contributed by atoms with Crippen molar-refractivity contribution in [2.75, 3.05) is 37.4 Å². The van der Waals surface area contributed by atoms with E-state index in [1.807, 2.05) is 66.9 Å². The fraction of sp³-hybridized carbons (Fsp3) is 0.243. The lowest BCUT2D eigenvalue weighted by Gasteiger charge is -2.38. The average Bonchev–Trinajstić information content (AvgIpc) is 3.65. The lowest BCUT2D eigenvalue weighted by Crippen LogP contribution is -2.50. The third-order valence-electron chi connectivity index (χ3n) is 8.60. The molecule has 0 radical (unpaired) electrons. The molecule has 10 nitrogen and oxygen atoms in total. The number of hydrogen-bond donors (Lipinski definition) is 3. The number of ether oxygens (including phenoxy) is 1. The number of anilines is 2. The Balaban J connectivity index is 1.27. The number of thiazole rings is 1. The summed E-state index contributed by atoms with van der Waals surface area (Å²) in [5, 5.41) is 20.7. The molecule has 0 saturated heterocycles. The van der Waals surface area contributed by atoms with Crippen molar-refractivity contribution in [1.29, 1.82) is 0 Å². The van der Waals surface area contributed by atoms with E-state index in [9.17, 15) is 19.5 Å². The van der Waals surface area contributed by atoms with Crippen molar-refractivity contribution in [3.05, 3.63) is 108 Å². The van der Waals surface area contributed by atoms with Crippen LogP contribution < -0.4 is 15.4 Å². The van der Waals surface area contributed by atoms with E-state index in [4.69, 9.17) is 4.74 Å². The predicted molar refractivity (Wildman–Crippen MR) is 189 cm³/mol. The van der Waals surface area contributed by atoms with Crippen molar-refractivity contribution in [2.24, 2.45) is 5.92 Å². The minimum absolute atomic E-state index is 0.188. The molecule has 0 spiro atoms. The maximum Gasteiger partial charge on any atom is 0.321 e. The van der Waals surface area contributed by atoms with Gasteiger partial charge in [0, 0.05) is 47.6 Å². The number of rotatable bonds is 8. The molecule has 6 rings (SSSR count). The largest absolute Gasteiger partial charge is 0.485 e. The molecule has 48 heavy (non-hydrogen) atoms. The van der Waals surface area contributed by atoms with Crippen molar-refractivity contribution in [3.8, 4) is 16.3 Å². The first-order valence-corrected chi connectivity index (χ1v) is 16.6. The van der Waals surface area contributed by atoms with Gasteiger partial charge in [-0.3, -0.25) is 9.59 Å². The Morgan fingerprint density at radius 1 is 1.02 bits per heavy atom. The number of nitrogens with zero attached hydrogens (tertiary/aromatic N) is 3. The van der Waals surface area contributed by atoms with Gasteiger partial charge in [-0.1, -0.05) is 61.5 Å². The van der Waals surface area contributed by atoms with Gasteiger partial charge in [-0.15, -0.1) is 11.3 Å². The van der Waals surface area contributed by atoms with E-state index in [1.165, 1.54) is 11.3 Å². The van der Waals surface area contributed by atoms with Crippen LogP contribution in [0.4, 0.5) is 16.2 Å². The Labute approximate surface area is 283 Å². The Bertz CT molecular complexity index is 1930. The van der Waals surface area contributed by atoms with Crippen LogP contribution in [-0.4, -0.2) is 76.6 Å². The zero-order valence-corrected chi connectivity index (χ0v) is 27.7. The number of aliphatic hydroxyl groups is 1. The molecular formula is C37H37N5O5S. The number of amides is 4. The maximum absolute atomic E-state index is 13.9. The van der Waals surface area contributed by atoms with Crippen LogP contribution in [0.2, 0.25) is 0 Å². The summed E-state index contributed by atoms with van der Waals surface area (Å²) >= 11 is 1.51. The number of likely N-dealkylation sites (N-methyl/N-ethyl adjacent to an activating group) is 1. The second kappa shape index (κ2) is 14.2. The monoisotopic (exact) mass is 663 g/mol. The van der Waals surface area contributed by atoms with E-state index < -0.39 is 12.1 Å². The van der Waals surface area contributed by atoms with Gasteiger partial charge in [-0.2, -0.15) is 0 Å². The number of urea groups is 1. The molecule has 1 aromatic heterocycles. The van der Waals surface area contributed by atoms with E-state index in [1.54, 1.807) is 60.3 Å². The number of nitrogens with one attached hydrogen (secondary N) is 2. The van der Waals surface area contributed by atoms with Crippen LogP contribution in [-0.2, 0) is 0 Å². The number of aliphatic hydroxyl groups excluding tert-OH is 1. The topological polar surface area (TPSA) is 124 Å². The highest BCUT2D eigenvalue weighted by molar-refractivity contribution is 7.13. The van der Waals surface area contributed by atoms with Gasteiger partial charge in [0.15, 0.2) is 5.75 Å². The number of fused-ring (bicyclic) bond motifs is 2. The summed E-state index contributed by atoms with van der Waals surface area (Å²) in [6, 6.07) is 25.0. The molecule has 0 fully saturated rings. The zero-order chi connectivity index (χ0) is 33.8. The fourth-order valence-electron chi connectivity index (χ4n) is 5.78. The molecule has 3 atom stereocenters. The molecule has 1 aliphatic heterocycles. The van der Waals surface area contributed by atoms with Gasteiger partial charge in [0.05, 0.1) is 36.1 Å². The summed E-state index contributed by atoms with van der Waals surface area (Å²) in [6.45, 7) is 3.99. The Morgan fingerprint density at radius 3 is 2.50 bits per heavy atom. The number of aromatic nitrogens is 1. The Morgan fingerprint density at radius 2 is 1.75 bits per heavy atom. The summed E-state index contributed by atoms with van der Waals surface area (Å²) in [6.07, 6.45) is 1.17. The SMILES string of the molecule is C[C@@H]1CN([C@H](C)CO)C(=O)c2cccc(NC(=O)c3ccc(-c4nccs4)cc3)c2O[C@@H]1CN(C)C(=O)Nc1cccc2ccccc12. The van der Waals surface area contributed by atoms with Crippen LogP contribution in [0.3, 0.4) is 0 Å². The lowest BCUT2D eigenvalue weighted by molar-refractivity contribution is 0.0372. The number of carbonyl (C=O) groups excluding carboxylic acids is 3. The molecule has 3 N–H and O–H groups in total. The molecule has 246 valence electrons. The summed E-state index contributed by atoms with van der Waals surface area (Å²) < 4.78 is 6.61. The molecule has 0 saturated carbocycles. The minimum Gasteiger partial charge on any atom is -0.485 e. The smallest absolute Gasteiger partial charge is 0.321 e. The van der Waals surface area contributed by atoms with Crippen molar-refractivity contribution in [1.82, 2.24) is 14.8 Å². The molecule has 5 aromatic rings. The van der Waals surface area contributed by atoms with E-state index in [-0.39, 0.29) is 48.2 Å². The summed E-state index contributed by atoms with van der Waals surface area (Å²) in [5.74, 6) is -0.720. The molecule has 0 aliphatic carbocycles. The van der Waals surface area contributed by atoms with Gasteiger partial charge < -0.3 is 30.3 Å². The highest BCUT2D eigenvalue weighted by Crippen LogP contribution is 2.35. The predicted octanol–water partition coefficient (Wildman–Crippen LogP) is 6.60. The summed E-state index contributed by atoms with van der Waals surface area (Å²) in [7, 11) is 1.69. The Kier molecular flexibility index (Phi) is 9.70. The van der Waals surface area contributed by atoms with Gasteiger partial charge in [0.1, 0.15) is 11.1 Å².